The van der Waals surface area contributed by atoms with E-state index in [2.05, 4.69) is 5.10 Å². The Morgan fingerprint density at radius 1 is 1.16 bits per heavy atom. The zero-order valence-electron chi connectivity index (χ0n) is 18.7. The van der Waals surface area contributed by atoms with E-state index < -0.39 is 50.5 Å². The molecule has 194 valence electrons. The van der Waals surface area contributed by atoms with E-state index in [1.165, 1.54) is 23.0 Å². The Labute approximate surface area is 211 Å². The van der Waals surface area contributed by atoms with Crippen LogP contribution < -0.4 is 4.72 Å². The summed E-state index contributed by atoms with van der Waals surface area (Å²) in [6, 6.07) is 7.07. The van der Waals surface area contributed by atoms with Gasteiger partial charge in [-0.2, -0.15) is 18.3 Å². The molecule has 1 N–H and O–H groups in total. The van der Waals surface area contributed by atoms with Crippen molar-refractivity contribution in [2.45, 2.75) is 19.6 Å². The zero-order valence-corrected chi connectivity index (χ0v) is 20.4. The summed E-state index contributed by atoms with van der Waals surface area (Å²) in [4.78, 5) is 36.2. The second kappa shape index (κ2) is 9.63. The molecule has 9 nitrogen and oxygen atoms in total. The van der Waals surface area contributed by atoms with E-state index in [0.717, 1.165) is 19.1 Å². The van der Waals surface area contributed by atoms with Gasteiger partial charge in [-0.05, 0) is 53.2 Å². The first-order valence-electron chi connectivity index (χ1n) is 10.3. The Balaban J connectivity index is 1.58. The molecule has 1 aliphatic rings. The number of halogens is 4. The summed E-state index contributed by atoms with van der Waals surface area (Å²) >= 11 is 0.517. The molecule has 15 heteroatoms. The first kappa shape index (κ1) is 26.3. The van der Waals surface area contributed by atoms with Crippen LogP contribution in [0.5, 0.6) is 0 Å². The molecule has 0 aliphatic carbocycles. The number of alkyl halides is 3. The van der Waals surface area contributed by atoms with Gasteiger partial charge in [0.2, 0.25) is 5.91 Å². The molecule has 4 rings (SSSR count). The highest BCUT2D eigenvalue weighted by Gasteiger charge is 2.38. The Kier molecular flexibility index (Phi) is 6.85. The first-order chi connectivity index (χ1) is 17.2. The minimum absolute atomic E-state index is 0.0594. The van der Waals surface area contributed by atoms with Crippen molar-refractivity contribution in [1.82, 2.24) is 19.4 Å². The first-order valence-corrected chi connectivity index (χ1v) is 12.8. The van der Waals surface area contributed by atoms with Crippen molar-refractivity contribution in [2.75, 3.05) is 5.88 Å². The number of thioether (sulfide) groups is 1. The average molecular weight is 557 g/mol. The van der Waals surface area contributed by atoms with E-state index in [1.807, 2.05) is 0 Å². The molecule has 0 bridgehead atoms. The highest BCUT2D eigenvalue weighted by Crippen LogP contribution is 2.34. The van der Waals surface area contributed by atoms with Gasteiger partial charge in [-0.3, -0.25) is 28.7 Å². The topological polar surface area (TPSA) is 118 Å². The molecule has 0 spiro atoms. The number of nitrogens with one attached hydrogen (secondary N) is 1. The summed E-state index contributed by atoms with van der Waals surface area (Å²) in [5, 5.41) is 3.79. The van der Waals surface area contributed by atoms with E-state index >= 15 is 0 Å². The predicted molar refractivity (Wildman–Crippen MR) is 126 cm³/mol. The smallest absolute Gasteiger partial charge is 0.274 e. The Morgan fingerprint density at radius 2 is 1.89 bits per heavy atom. The number of hydrogen-bond donors (Lipinski definition) is 1. The fraction of sp³-hybridized carbons (Fsp3) is 0.182. The molecule has 1 saturated heterocycles. The van der Waals surface area contributed by atoms with Gasteiger partial charge in [-0.25, -0.2) is 12.8 Å². The fourth-order valence-electron chi connectivity index (χ4n) is 3.62. The Hall–Kier alpha value is -3.72. The molecule has 37 heavy (non-hydrogen) atoms. The monoisotopic (exact) mass is 556 g/mol. The second-order valence-electron chi connectivity index (χ2n) is 7.93. The highest BCUT2D eigenvalue weighted by molar-refractivity contribution is 8.18. The molecule has 1 aliphatic heterocycles. The maximum absolute atomic E-state index is 13.4. The number of amides is 3. The minimum atomic E-state index is -4.75. The van der Waals surface area contributed by atoms with Crippen molar-refractivity contribution >= 4 is 55.8 Å². The van der Waals surface area contributed by atoms with Crippen molar-refractivity contribution in [2.24, 2.45) is 0 Å². The molecule has 2 aromatic carbocycles. The molecule has 2 heterocycles. The van der Waals surface area contributed by atoms with Crippen LogP contribution in [0.15, 0.2) is 47.5 Å². The molecule has 0 atom stereocenters. The molecule has 3 aromatic rings. The quantitative estimate of drug-likeness (QED) is 0.363. The van der Waals surface area contributed by atoms with Gasteiger partial charge < -0.3 is 0 Å². The lowest BCUT2D eigenvalue weighted by Gasteiger charge is -2.13. The van der Waals surface area contributed by atoms with Gasteiger partial charge in [0.25, 0.3) is 21.2 Å². The molecular weight excluding hydrogens is 540 g/mol. The van der Waals surface area contributed by atoms with Gasteiger partial charge in [0.05, 0.1) is 28.7 Å². The minimum Gasteiger partial charge on any atom is -0.274 e. The van der Waals surface area contributed by atoms with Gasteiger partial charge in [-0.1, -0.05) is 12.1 Å². The van der Waals surface area contributed by atoms with Crippen molar-refractivity contribution < 1.29 is 40.4 Å². The lowest BCUT2D eigenvalue weighted by atomic mass is 10.1. The number of rotatable bonds is 6. The average Bonchev–Trinajstić information content (AvgIpc) is 3.28. The van der Waals surface area contributed by atoms with Crippen LogP contribution in [0.2, 0.25) is 0 Å². The van der Waals surface area contributed by atoms with Crippen LogP contribution >= 0.6 is 11.8 Å². The van der Waals surface area contributed by atoms with Crippen LogP contribution in [0.25, 0.3) is 17.0 Å². The van der Waals surface area contributed by atoms with Crippen molar-refractivity contribution in [3.8, 4) is 0 Å². The Bertz CT molecular complexity index is 1580. The SMILES string of the molecule is CC(=O)NS(=O)(=O)CN1C(=O)S/C(=C\c2ccc3c(cnn3Cc3ccc(F)cc3C(F)(F)F)c2)C1=O. The summed E-state index contributed by atoms with van der Waals surface area (Å²) in [6.45, 7) is 0.693. The molecular formula is C22H16F4N4O5S2. The van der Waals surface area contributed by atoms with Crippen LogP contribution in [0.3, 0.4) is 0 Å². The van der Waals surface area contributed by atoms with Crippen molar-refractivity contribution in [3.05, 3.63) is 70.0 Å². The van der Waals surface area contributed by atoms with Gasteiger partial charge in [0.15, 0.2) is 5.88 Å². The summed E-state index contributed by atoms with van der Waals surface area (Å²) in [5.74, 6) is -3.77. The largest absolute Gasteiger partial charge is 0.416 e. The third-order valence-corrected chi connectivity index (χ3v) is 7.24. The van der Waals surface area contributed by atoms with Gasteiger partial charge in [0, 0.05) is 12.3 Å². The van der Waals surface area contributed by atoms with E-state index in [0.29, 0.717) is 39.2 Å². The van der Waals surface area contributed by atoms with Crippen LogP contribution in [0, 0.1) is 5.82 Å². The van der Waals surface area contributed by atoms with E-state index in [-0.39, 0.29) is 17.0 Å². The number of nitrogens with zero attached hydrogens (tertiary/aromatic N) is 3. The van der Waals surface area contributed by atoms with Crippen LogP contribution in [0.1, 0.15) is 23.6 Å². The van der Waals surface area contributed by atoms with Crippen LogP contribution in [0.4, 0.5) is 22.4 Å². The van der Waals surface area contributed by atoms with E-state index in [1.54, 1.807) is 16.9 Å². The summed E-state index contributed by atoms with van der Waals surface area (Å²) in [6.07, 6.45) is -2.00. The second-order valence-corrected chi connectivity index (χ2v) is 10.6. The maximum Gasteiger partial charge on any atom is 0.416 e. The van der Waals surface area contributed by atoms with Gasteiger partial charge >= 0.3 is 6.18 Å². The number of benzene rings is 2. The number of carbonyl (C=O) groups excluding carboxylic acids is 3. The van der Waals surface area contributed by atoms with Crippen LogP contribution in [-0.4, -0.2) is 46.0 Å². The zero-order chi connectivity index (χ0) is 27.1. The number of imide groups is 1. The number of sulfonamides is 1. The molecule has 3 amide bonds. The molecule has 1 aromatic heterocycles. The number of aromatic nitrogens is 2. The molecule has 0 radical (unpaired) electrons. The number of hydrogen-bond acceptors (Lipinski definition) is 7. The third-order valence-electron chi connectivity index (χ3n) is 5.13. The van der Waals surface area contributed by atoms with E-state index in [4.69, 9.17) is 0 Å². The highest BCUT2D eigenvalue weighted by atomic mass is 32.2. The number of carbonyl (C=O) groups is 3. The summed E-state index contributed by atoms with van der Waals surface area (Å²) in [7, 11) is -4.25. The molecule has 1 fully saturated rings. The van der Waals surface area contributed by atoms with Crippen molar-refractivity contribution in [1.29, 1.82) is 0 Å². The maximum atomic E-state index is 13.4. The molecule has 0 unspecified atom stereocenters. The Morgan fingerprint density at radius 3 is 2.57 bits per heavy atom. The third kappa shape index (κ3) is 5.83. The summed E-state index contributed by atoms with van der Waals surface area (Å²) in [5.41, 5.74) is -0.376. The molecule has 0 saturated carbocycles. The predicted octanol–water partition coefficient (Wildman–Crippen LogP) is 3.70. The fourth-order valence-corrected chi connectivity index (χ4v) is 5.61. The van der Waals surface area contributed by atoms with E-state index in [9.17, 15) is 40.4 Å². The summed E-state index contributed by atoms with van der Waals surface area (Å²) < 4.78 is 80.3. The van der Waals surface area contributed by atoms with Gasteiger partial charge in [0.1, 0.15) is 5.82 Å². The normalized spacial score (nSPS) is 15.7. The van der Waals surface area contributed by atoms with Gasteiger partial charge in [-0.15, -0.1) is 0 Å². The van der Waals surface area contributed by atoms with Crippen LogP contribution in [-0.2, 0) is 32.3 Å². The van der Waals surface area contributed by atoms with Crippen molar-refractivity contribution in [3.63, 3.8) is 0 Å². The standard InChI is InChI=1S/C22H16F4N4O5S2/c1-12(31)28-37(34,35)11-29-20(32)19(36-21(29)33)7-13-2-5-18-15(6-13)9-27-30(18)10-14-3-4-16(23)8-17(14)22(24,25)26/h2-9H,10-11H2,1H3,(H,28,31)/b19-7-. The lowest BCUT2D eigenvalue weighted by Crippen LogP contribution is -2.40. The lowest BCUT2D eigenvalue weighted by molar-refractivity contribution is -0.138. The number of fused-ring (bicyclic) bond motifs is 1.